The Morgan fingerprint density at radius 1 is 1.26 bits per heavy atom. The Hall–Kier alpha value is -1.99. The van der Waals surface area contributed by atoms with Crippen molar-refractivity contribution in [3.05, 3.63) is 47.9 Å². The first kappa shape index (κ1) is 13.4. The quantitative estimate of drug-likeness (QED) is 0.871. The van der Waals surface area contributed by atoms with Crippen molar-refractivity contribution < 1.29 is 8.42 Å². The molecule has 2 aromatic heterocycles. The SMILES string of the molecule is Cc1cccc(NS(=O)(=O)c2cccnc2CN)n1. The highest BCUT2D eigenvalue weighted by Crippen LogP contribution is 2.16. The number of anilines is 1. The Morgan fingerprint density at radius 2 is 2.05 bits per heavy atom. The third kappa shape index (κ3) is 3.07. The molecule has 2 aromatic rings. The van der Waals surface area contributed by atoms with Crippen LogP contribution in [0.1, 0.15) is 11.4 Å². The lowest BCUT2D eigenvalue weighted by Crippen LogP contribution is -2.18. The number of rotatable bonds is 4. The number of nitrogens with zero attached hydrogens (tertiary/aromatic N) is 2. The molecule has 0 aliphatic heterocycles. The molecule has 100 valence electrons. The van der Waals surface area contributed by atoms with E-state index in [2.05, 4.69) is 14.7 Å². The van der Waals surface area contributed by atoms with E-state index < -0.39 is 10.0 Å². The highest BCUT2D eigenvalue weighted by atomic mass is 32.2. The van der Waals surface area contributed by atoms with Gasteiger partial charge in [-0.2, -0.15) is 0 Å². The highest BCUT2D eigenvalue weighted by Gasteiger charge is 2.19. The zero-order valence-corrected chi connectivity index (χ0v) is 11.2. The zero-order valence-electron chi connectivity index (χ0n) is 10.4. The summed E-state index contributed by atoms with van der Waals surface area (Å²) in [6, 6.07) is 8.12. The summed E-state index contributed by atoms with van der Waals surface area (Å²) in [5.41, 5.74) is 6.54. The first-order valence-electron chi connectivity index (χ1n) is 5.63. The number of hydrogen-bond acceptors (Lipinski definition) is 5. The van der Waals surface area contributed by atoms with Gasteiger partial charge in [-0.3, -0.25) is 9.71 Å². The van der Waals surface area contributed by atoms with E-state index in [-0.39, 0.29) is 17.3 Å². The Labute approximate surface area is 111 Å². The van der Waals surface area contributed by atoms with Crippen LogP contribution in [0.4, 0.5) is 5.82 Å². The number of sulfonamides is 1. The highest BCUT2D eigenvalue weighted by molar-refractivity contribution is 7.92. The second kappa shape index (κ2) is 5.33. The van der Waals surface area contributed by atoms with Crippen molar-refractivity contribution in [2.24, 2.45) is 5.73 Å². The standard InChI is InChI=1S/C12H14N4O2S/c1-9-4-2-6-12(15-9)16-19(17,18)11-5-3-7-14-10(11)8-13/h2-7H,8,13H2,1H3,(H,15,16). The molecular weight excluding hydrogens is 264 g/mol. The third-order valence-corrected chi connectivity index (χ3v) is 3.89. The maximum Gasteiger partial charge on any atom is 0.264 e. The van der Waals surface area contributed by atoms with Gasteiger partial charge in [-0.15, -0.1) is 0 Å². The molecule has 0 aliphatic carbocycles. The van der Waals surface area contributed by atoms with Crippen molar-refractivity contribution in [3.63, 3.8) is 0 Å². The van der Waals surface area contributed by atoms with E-state index in [1.807, 2.05) is 0 Å². The third-order valence-electron chi connectivity index (χ3n) is 2.46. The minimum absolute atomic E-state index is 0.0539. The molecule has 0 amide bonds. The van der Waals surface area contributed by atoms with Gasteiger partial charge in [0.25, 0.3) is 10.0 Å². The molecule has 7 heteroatoms. The number of nitrogens with two attached hydrogens (primary N) is 1. The fourth-order valence-electron chi connectivity index (χ4n) is 1.61. The van der Waals surface area contributed by atoms with Crippen LogP contribution in [0.3, 0.4) is 0 Å². The first-order valence-corrected chi connectivity index (χ1v) is 7.11. The maximum absolute atomic E-state index is 12.2. The lowest BCUT2D eigenvalue weighted by Gasteiger charge is -2.10. The summed E-state index contributed by atoms with van der Waals surface area (Å²) in [5.74, 6) is 0.270. The number of hydrogen-bond donors (Lipinski definition) is 2. The number of aromatic nitrogens is 2. The largest absolute Gasteiger partial charge is 0.325 e. The fraction of sp³-hybridized carbons (Fsp3) is 0.167. The van der Waals surface area contributed by atoms with Crippen LogP contribution in [0.2, 0.25) is 0 Å². The first-order chi connectivity index (χ1) is 9.03. The molecule has 0 unspecified atom stereocenters. The van der Waals surface area contributed by atoms with E-state index >= 15 is 0 Å². The molecule has 0 aliphatic rings. The van der Waals surface area contributed by atoms with E-state index in [1.165, 1.54) is 12.3 Å². The molecule has 0 atom stereocenters. The summed E-state index contributed by atoms with van der Waals surface area (Å²) < 4.78 is 26.9. The van der Waals surface area contributed by atoms with Crippen molar-refractivity contribution >= 4 is 15.8 Å². The topological polar surface area (TPSA) is 98.0 Å². The van der Waals surface area contributed by atoms with Crippen LogP contribution in [0.5, 0.6) is 0 Å². The second-order valence-corrected chi connectivity index (χ2v) is 5.57. The predicted octanol–water partition coefficient (Wildman–Crippen LogP) is 1.04. The van der Waals surface area contributed by atoms with Crippen LogP contribution in [-0.2, 0) is 16.6 Å². The van der Waals surface area contributed by atoms with Gasteiger partial charge in [0.15, 0.2) is 0 Å². The van der Waals surface area contributed by atoms with Gasteiger partial charge in [0, 0.05) is 18.4 Å². The van der Waals surface area contributed by atoms with Gasteiger partial charge in [-0.05, 0) is 31.2 Å². The summed E-state index contributed by atoms with van der Waals surface area (Å²) in [4.78, 5) is 8.13. The van der Waals surface area contributed by atoms with Gasteiger partial charge in [0.1, 0.15) is 10.7 Å². The number of pyridine rings is 2. The van der Waals surface area contributed by atoms with Gasteiger partial charge in [-0.25, -0.2) is 13.4 Å². The van der Waals surface area contributed by atoms with Gasteiger partial charge >= 0.3 is 0 Å². The molecule has 2 rings (SSSR count). The fourth-order valence-corrected chi connectivity index (χ4v) is 2.82. The Balaban J connectivity index is 2.38. The molecule has 0 aromatic carbocycles. The predicted molar refractivity (Wildman–Crippen MR) is 71.9 cm³/mol. The van der Waals surface area contributed by atoms with Crippen molar-refractivity contribution in [3.8, 4) is 0 Å². The maximum atomic E-state index is 12.2. The van der Waals surface area contributed by atoms with E-state index in [1.54, 1.807) is 31.2 Å². The number of nitrogens with one attached hydrogen (secondary N) is 1. The van der Waals surface area contributed by atoms with Crippen molar-refractivity contribution in [1.29, 1.82) is 0 Å². The van der Waals surface area contributed by atoms with Crippen LogP contribution in [0.25, 0.3) is 0 Å². The van der Waals surface area contributed by atoms with Gasteiger partial charge < -0.3 is 5.73 Å². The van der Waals surface area contributed by atoms with Gasteiger partial charge in [0.2, 0.25) is 0 Å². The van der Waals surface area contributed by atoms with Crippen LogP contribution >= 0.6 is 0 Å². The number of aryl methyl sites for hydroxylation is 1. The van der Waals surface area contributed by atoms with Crippen LogP contribution in [0.15, 0.2) is 41.4 Å². The lowest BCUT2D eigenvalue weighted by atomic mass is 10.3. The molecule has 0 spiro atoms. The summed E-state index contributed by atoms with van der Waals surface area (Å²) in [5, 5.41) is 0. The zero-order chi connectivity index (χ0) is 13.9. The Kier molecular flexibility index (Phi) is 3.77. The molecule has 19 heavy (non-hydrogen) atoms. The van der Waals surface area contributed by atoms with Gasteiger partial charge in [-0.1, -0.05) is 6.07 Å². The van der Waals surface area contributed by atoms with Crippen molar-refractivity contribution in [2.45, 2.75) is 18.4 Å². The molecule has 0 fully saturated rings. The Morgan fingerprint density at radius 3 is 2.74 bits per heavy atom. The molecular formula is C12H14N4O2S. The average molecular weight is 278 g/mol. The monoisotopic (exact) mass is 278 g/mol. The van der Waals surface area contributed by atoms with Crippen molar-refractivity contribution in [1.82, 2.24) is 9.97 Å². The van der Waals surface area contributed by atoms with Gasteiger partial charge in [0.05, 0.1) is 5.69 Å². The van der Waals surface area contributed by atoms with E-state index in [9.17, 15) is 8.42 Å². The summed E-state index contributed by atoms with van der Waals surface area (Å²) in [6.07, 6.45) is 1.51. The van der Waals surface area contributed by atoms with Crippen LogP contribution < -0.4 is 10.5 Å². The summed E-state index contributed by atoms with van der Waals surface area (Å²) in [6.45, 7) is 1.84. The normalized spacial score (nSPS) is 11.3. The molecule has 0 saturated heterocycles. The molecule has 3 N–H and O–H groups in total. The van der Waals surface area contributed by atoms with Crippen LogP contribution in [0, 0.1) is 6.92 Å². The second-order valence-electron chi connectivity index (χ2n) is 3.92. The lowest BCUT2D eigenvalue weighted by molar-refractivity contribution is 0.599. The molecule has 0 radical (unpaired) electrons. The summed E-state index contributed by atoms with van der Waals surface area (Å²) in [7, 11) is -3.73. The Bertz CT molecular complexity index is 686. The van der Waals surface area contributed by atoms with Crippen LogP contribution in [-0.4, -0.2) is 18.4 Å². The average Bonchev–Trinajstić information content (AvgIpc) is 2.38. The molecule has 6 nitrogen and oxygen atoms in total. The van der Waals surface area contributed by atoms with E-state index in [4.69, 9.17) is 5.73 Å². The van der Waals surface area contributed by atoms with E-state index in [0.29, 0.717) is 5.69 Å². The summed E-state index contributed by atoms with van der Waals surface area (Å²) >= 11 is 0. The molecule has 0 saturated carbocycles. The molecule has 0 bridgehead atoms. The van der Waals surface area contributed by atoms with E-state index in [0.717, 1.165) is 5.69 Å². The smallest absolute Gasteiger partial charge is 0.264 e. The van der Waals surface area contributed by atoms with Crippen molar-refractivity contribution in [2.75, 3.05) is 4.72 Å². The minimum atomic E-state index is -3.73. The molecule has 2 heterocycles. The minimum Gasteiger partial charge on any atom is -0.325 e.